The Labute approximate surface area is 220 Å². The number of hydrogen-bond donors (Lipinski definition) is 1. The van der Waals surface area contributed by atoms with Crippen molar-refractivity contribution >= 4 is 29.1 Å². The molecule has 0 spiro atoms. The van der Waals surface area contributed by atoms with Crippen LogP contribution in [-0.4, -0.2) is 58.2 Å². The maximum atomic E-state index is 12.8. The average molecular weight is 524 g/mol. The van der Waals surface area contributed by atoms with E-state index in [1.54, 1.807) is 6.26 Å². The van der Waals surface area contributed by atoms with E-state index in [1.165, 1.54) is 0 Å². The van der Waals surface area contributed by atoms with Crippen molar-refractivity contribution in [2.75, 3.05) is 32.7 Å². The van der Waals surface area contributed by atoms with Crippen molar-refractivity contribution in [2.45, 2.75) is 13.1 Å². The molecule has 1 aliphatic heterocycles. The van der Waals surface area contributed by atoms with Gasteiger partial charge in [-0.05, 0) is 48.0 Å². The molecule has 1 fully saturated rings. The molecule has 0 atom stereocenters. The molecule has 1 N–H and O–H groups in total. The first-order valence-corrected chi connectivity index (χ1v) is 12.7. The van der Waals surface area contributed by atoms with Crippen LogP contribution in [0.1, 0.15) is 11.3 Å². The Morgan fingerprint density at radius 1 is 0.944 bits per heavy atom. The number of halogens is 2. The lowest BCUT2D eigenvalue weighted by molar-refractivity contribution is -0.132. The summed E-state index contributed by atoms with van der Waals surface area (Å²) < 4.78 is 7.48. The van der Waals surface area contributed by atoms with Gasteiger partial charge in [-0.25, -0.2) is 4.68 Å². The molecule has 3 heterocycles. The number of para-hydroxylation sites is 1. The van der Waals surface area contributed by atoms with Crippen LogP contribution < -0.4 is 5.32 Å². The van der Waals surface area contributed by atoms with Gasteiger partial charge < -0.3 is 14.6 Å². The smallest absolute Gasteiger partial charge is 0.236 e. The third kappa shape index (κ3) is 5.82. The first-order valence-electron chi connectivity index (χ1n) is 11.9. The van der Waals surface area contributed by atoms with Gasteiger partial charge in [0.25, 0.3) is 0 Å². The van der Waals surface area contributed by atoms with Gasteiger partial charge in [-0.2, -0.15) is 5.10 Å². The van der Waals surface area contributed by atoms with Crippen LogP contribution in [0, 0.1) is 0 Å². The van der Waals surface area contributed by atoms with Crippen molar-refractivity contribution in [1.29, 1.82) is 0 Å². The van der Waals surface area contributed by atoms with E-state index >= 15 is 0 Å². The number of nitrogens with zero attached hydrogens (tertiary/aromatic N) is 4. The summed E-state index contributed by atoms with van der Waals surface area (Å²) in [6, 6.07) is 21.4. The molecule has 0 unspecified atom stereocenters. The van der Waals surface area contributed by atoms with Crippen molar-refractivity contribution < 1.29 is 9.21 Å². The largest absolute Gasteiger partial charge is 0.463 e. The Morgan fingerprint density at radius 2 is 1.75 bits per heavy atom. The quantitative estimate of drug-likeness (QED) is 0.356. The van der Waals surface area contributed by atoms with Gasteiger partial charge in [-0.15, -0.1) is 0 Å². The van der Waals surface area contributed by atoms with Crippen LogP contribution in [0.5, 0.6) is 0 Å². The molecule has 2 aromatic carbocycles. The van der Waals surface area contributed by atoms with Gasteiger partial charge in [0.05, 0.1) is 34.2 Å². The monoisotopic (exact) mass is 523 g/mol. The van der Waals surface area contributed by atoms with Gasteiger partial charge in [0, 0.05) is 39.3 Å². The molecule has 36 heavy (non-hydrogen) atoms. The summed E-state index contributed by atoms with van der Waals surface area (Å²) in [5.74, 6) is 0.838. The molecule has 0 saturated carbocycles. The Morgan fingerprint density at radius 3 is 2.47 bits per heavy atom. The van der Waals surface area contributed by atoms with Crippen LogP contribution in [0.15, 0.2) is 77.4 Å². The molecule has 0 radical (unpaired) electrons. The number of carbonyl (C=O) groups excluding carboxylic acids is 1. The fourth-order valence-electron chi connectivity index (χ4n) is 4.34. The molecule has 0 aliphatic carbocycles. The minimum Gasteiger partial charge on any atom is -0.463 e. The highest BCUT2D eigenvalue weighted by atomic mass is 35.5. The molecule has 186 valence electrons. The van der Waals surface area contributed by atoms with Gasteiger partial charge in [0.2, 0.25) is 5.91 Å². The minimum absolute atomic E-state index is 0.0953. The van der Waals surface area contributed by atoms with Crippen molar-refractivity contribution in [3.8, 4) is 17.1 Å². The van der Waals surface area contributed by atoms with Crippen LogP contribution in [0.3, 0.4) is 0 Å². The van der Waals surface area contributed by atoms with Crippen LogP contribution in [0.4, 0.5) is 0 Å². The number of benzene rings is 2. The molecule has 1 aliphatic rings. The van der Waals surface area contributed by atoms with E-state index in [0.29, 0.717) is 29.7 Å². The third-order valence-electron chi connectivity index (χ3n) is 6.23. The Balaban J connectivity index is 1.13. The lowest BCUT2D eigenvalue weighted by Gasteiger charge is -2.34. The third-order valence-corrected chi connectivity index (χ3v) is 6.97. The van der Waals surface area contributed by atoms with Gasteiger partial charge in [-0.3, -0.25) is 9.69 Å². The summed E-state index contributed by atoms with van der Waals surface area (Å²) in [6.45, 7) is 4.58. The molecule has 1 amide bonds. The van der Waals surface area contributed by atoms with E-state index in [-0.39, 0.29) is 12.5 Å². The first-order chi connectivity index (χ1) is 17.6. The van der Waals surface area contributed by atoms with Gasteiger partial charge in [0.1, 0.15) is 5.69 Å². The van der Waals surface area contributed by atoms with Crippen molar-refractivity contribution in [2.24, 2.45) is 0 Å². The second-order valence-corrected chi connectivity index (χ2v) is 9.57. The maximum Gasteiger partial charge on any atom is 0.236 e. The molecule has 2 aromatic heterocycles. The summed E-state index contributed by atoms with van der Waals surface area (Å²) in [5.41, 5.74) is 3.77. The number of piperazine rings is 1. The van der Waals surface area contributed by atoms with Crippen LogP contribution in [-0.2, 0) is 17.9 Å². The zero-order valence-corrected chi connectivity index (χ0v) is 21.3. The molecular weight excluding hydrogens is 497 g/mol. The topological polar surface area (TPSA) is 66.5 Å². The number of rotatable bonds is 8. The minimum atomic E-state index is 0.0953. The van der Waals surface area contributed by atoms with Crippen molar-refractivity contribution in [3.05, 3.63) is 94.3 Å². The average Bonchev–Trinajstić information content (AvgIpc) is 3.57. The molecule has 1 saturated heterocycles. The first kappa shape index (κ1) is 24.6. The Hall–Kier alpha value is -3.10. The van der Waals surface area contributed by atoms with E-state index in [4.69, 9.17) is 32.7 Å². The van der Waals surface area contributed by atoms with E-state index in [0.717, 1.165) is 48.0 Å². The van der Waals surface area contributed by atoms with Gasteiger partial charge >= 0.3 is 0 Å². The molecule has 0 bridgehead atoms. The van der Waals surface area contributed by atoms with Gasteiger partial charge in [0.15, 0.2) is 5.76 Å². The molecular formula is C27H27Cl2N5O2. The van der Waals surface area contributed by atoms with Crippen LogP contribution in [0.25, 0.3) is 17.1 Å². The second kappa shape index (κ2) is 11.3. The standard InChI is InChI=1S/C27H27Cl2N5O2/c28-23-9-8-20(15-24(23)29)19-32-10-12-33(13-11-32)27(35)18-30-17-21-16-25(26-7-4-14-36-26)34(31-21)22-5-2-1-3-6-22/h1-9,14-16,30H,10-13,17-19H2. The summed E-state index contributed by atoms with van der Waals surface area (Å²) in [7, 11) is 0. The fraction of sp³-hybridized carbons (Fsp3) is 0.259. The van der Waals surface area contributed by atoms with E-state index in [1.807, 2.05) is 76.3 Å². The van der Waals surface area contributed by atoms with E-state index in [2.05, 4.69) is 10.2 Å². The number of furan rings is 1. The predicted octanol–water partition coefficient (Wildman–Crippen LogP) is 4.87. The summed E-state index contributed by atoms with van der Waals surface area (Å²) in [5, 5.41) is 9.14. The zero-order chi connectivity index (χ0) is 24.9. The number of aromatic nitrogens is 2. The normalized spacial score (nSPS) is 14.3. The lowest BCUT2D eigenvalue weighted by atomic mass is 10.2. The van der Waals surface area contributed by atoms with E-state index in [9.17, 15) is 4.79 Å². The molecule has 4 aromatic rings. The summed E-state index contributed by atoms with van der Waals surface area (Å²) in [6.07, 6.45) is 1.65. The van der Waals surface area contributed by atoms with E-state index < -0.39 is 0 Å². The highest BCUT2D eigenvalue weighted by molar-refractivity contribution is 6.42. The highest BCUT2D eigenvalue weighted by Gasteiger charge is 2.21. The Kier molecular flexibility index (Phi) is 7.72. The number of hydrogen-bond acceptors (Lipinski definition) is 5. The van der Waals surface area contributed by atoms with Crippen LogP contribution in [0.2, 0.25) is 10.0 Å². The van der Waals surface area contributed by atoms with Crippen molar-refractivity contribution in [1.82, 2.24) is 24.9 Å². The number of carbonyl (C=O) groups is 1. The Bertz CT molecular complexity index is 1300. The molecule has 7 nitrogen and oxygen atoms in total. The number of amides is 1. The summed E-state index contributed by atoms with van der Waals surface area (Å²) in [4.78, 5) is 17.0. The molecule has 9 heteroatoms. The second-order valence-electron chi connectivity index (χ2n) is 8.75. The summed E-state index contributed by atoms with van der Waals surface area (Å²) >= 11 is 12.1. The molecule has 5 rings (SSSR count). The fourth-order valence-corrected chi connectivity index (χ4v) is 4.66. The highest BCUT2D eigenvalue weighted by Crippen LogP contribution is 2.25. The lowest BCUT2D eigenvalue weighted by Crippen LogP contribution is -2.50. The SMILES string of the molecule is O=C(CNCc1cc(-c2ccco2)n(-c2ccccc2)n1)N1CCN(Cc2ccc(Cl)c(Cl)c2)CC1. The predicted molar refractivity (Wildman–Crippen MR) is 141 cm³/mol. The van der Waals surface area contributed by atoms with Crippen LogP contribution >= 0.6 is 23.2 Å². The zero-order valence-electron chi connectivity index (χ0n) is 19.7. The van der Waals surface area contributed by atoms with Gasteiger partial charge in [-0.1, -0.05) is 47.5 Å². The van der Waals surface area contributed by atoms with Crippen molar-refractivity contribution in [3.63, 3.8) is 0 Å². The maximum absolute atomic E-state index is 12.8. The number of nitrogens with one attached hydrogen (secondary N) is 1.